The van der Waals surface area contributed by atoms with Crippen molar-refractivity contribution in [3.8, 4) is 0 Å². The van der Waals surface area contributed by atoms with E-state index < -0.39 is 0 Å². The van der Waals surface area contributed by atoms with Crippen molar-refractivity contribution in [3.05, 3.63) is 22.4 Å². The largest absolute Gasteiger partial charge is 0.355 e. The molecule has 1 amide bonds. The van der Waals surface area contributed by atoms with E-state index in [4.69, 9.17) is 0 Å². The smallest absolute Gasteiger partial charge is 0.223 e. The van der Waals surface area contributed by atoms with Crippen LogP contribution in [0, 0.1) is 5.92 Å². The maximum Gasteiger partial charge on any atom is 0.223 e. The third-order valence-corrected chi connectivity index (χ3v) is 5.12. The van der Waals surface area contributed by atoms with Crippen LogP contribution >= 0.6 is 11.3 Å². The van der Waals surface area contributed by atoms with Crippen molar-refractivity contribution < 1.29 is 4.79 Å². The summed E-state index contributed by atoms with van der Waals surface area (Å²) >= 11 is 1.76. The van der Waals surface area contributed by atoms with Gasteiger partial charge in [0.25, 0.3) is 0 Å². The Morgan fingerprint density at radius 3 is 3.00 bits per heavy atom. The lowest BCUT2D eigenvalue weighted by Crippen LogP contribution is -2.45. The van der Waals surface area contributed by atoms with Crippen LogP contribution in [0.1, 0.15) is 38.5 Å². The second-order valence-electron chi connectivity index (χ2n) is 6.16. The predicted molar refractivity (Wildman–Crippen MR) is 80.5 cm³/mol. The van der Waals surface area contributed by atoms with Crippen LogP contribution in [-0.2, 0) is 10.2 Å². The van der Waals surface area contributed by atoms with Gasteiger partial charge in [-0.1, -0.05) is 19.9 Å². The van der Waals surface area contributed by atoms with E-state index >= 15 is 0 Å². The monoisotopic (exact) mass is 280 g/mol. The zero-order chi connectivity index (χ0) is 13.9. The van der Waals surface area contributed by atoms with Crippen LogP contribution in [0.2, 0.25) is 0 Å². The second kappa shape index (κ2) is 6.06. The molecule has 106 valence electrons. The lowest BCUT2D eigenvalue weighted by Gasteiger charge is -2.29. The van der Waals surface area contributed by atoms with Gasteiger partial charge < -0.3 is 10.6 Å². The molecule has 19 heavy (non-hydrogen) atoms. The molecule has 2 rings (SSSR count). The summed E-state index contributed by atoms with van der Waals surface area (Å²) in [6.07, 6.45) is 1.90. The molecule has 0 spiro atoms. The first-order valence-electron chi connectivity index (χ1n) is 7.04. The number of hydrogen-bond acceptors (Lipinski definition) is 3. The van der Waals surface area contributed by atoms with Crippen molar-refractivity contribution in [2.75, 3.05) is 13.1 Å². The molecule has 0 bridgehead atoms. The molecule has 0 saturated carbocycles. The van der Waals surface area contributed by atoms with E-state index in [9.17, 15) is 4.79 Å². The summed E-state index contributed by atoms with van der Waals surface area (Å²) in [6.45, 7) is 8.18. The second-order valence-corrected chi connectivity index (χ2v) is 7.10. The van der Waals surface area contributed by atoms with Crippen LogP contribution in [0.5, 0.6) is 0 Å². The van der Waals surface area contributed by atoms with Gasteiger partial charge in [-0.25, -0.2) is 0 Å². The van der Waals surface area contributed by atoms with E-state index in [0.29, 0.717) is 12.6 Å². The summed E-state index contributed by atoms with van der Waals surface area (Å²) in [5, 5.41) is 8.62. The summed E-state index contributed by atoms with van der Waals surface area (Å²) in [4.78, 5) is 13.5. The molecule has 0 aromatic carbocycles. The Morgan fingerprint density at radius 2 is 2.37 bits per heavy atom. The molecule has 1 aliphatic rings. The van der Waals surface area contributed by atoms with Gasteiger partial charge in [-0.3, -0.25) is 4.79 Å². The van der Waals surface area contributed by atoms with Crippen LogP contribution in [0.3, 0.4) is 0 Å². The van der Waals surface area contributed by atoms with E-state index in [0.717, 1.165) is 19.4 Å². The minimum atomic E-state index is 0.0162. The van der Waals surface area contributed by atoms with Gasteiger partial charge in [-0.05, 0) is 37.8 Å². The zero-order valence-electron chi connectivity index (χ0n) is 12.0. The van der Waals surface area contributed by atoms with Crippen LogP contribution < -0.4 is 10.6 Å². The van der Waals surface area contributed by atoms with Gasteiger partial charge in [-0.2, -0.15) is 0 Å². The highest BCUT2D eigenvalue weighted by Gasteiger charge is 2.27. The number of hydrogen-bond donors (Lipinski definition) is 2. The molecule has 3 nitrogen and oxygen atoms in total. The Bertz CT molecular complexity index is 414. The molecule has 4 heteroatoms. The van der Waals surface area contributed by atoms with Gasteiger partial charge >= 0.3 is 0 Å². The average Bonchev–Trinajstić information content (AvgIpc) is 2.90. The molecular weight excluding hydrogens is 256 g/mol. The Labute approximate surface area is 119 Å². The average molecular weight is 280 g/mol. The minimum absolute atomic E-state index is 0.0162. The number of thiophene rings is 1. The standard InChI is InChI=1S/C15H24N2OS/c1-11-9-12(6-7-16-11)14(18)17-10-15(2,3)13-5-4-8-19-13/h4-5,8,11-12,16H,6-7,9-10H2,1-3H3,(H,17,18). The summed E-state index contributed by atoms with van der Waals surface area (Å²) in [7, 11) is 0. The van der Waals surface area contributed by atoms with Crippen LogP contribution in [-0.4, -0.2) is 25.0 Å². The first kappa shape index (κ1) is 14.5. The summed E-state index contributed by atoms with van der Waals surface area (Å²) in [5.41, 5.74) is 0.0162. The van der Waals surface area contributed by atoms with Gasteiger partial charge in [-0.15, -0.1) is 11.3 Å². The van der Waals surface area contributed by atoms with Crippen molar-refractivity contribution in [2.24, 2.45) is 5.92 Å². The highest BCUT2D eigenvalue weighted by molar-refractivity contribution is 7.10. The van der Waals surface area contributed by atoms with Crippen molar-refractivity contribution in [1.82, 2.24) is 10.6 Å². The van der Waals surface area contributed by atoms with Crippen molar-refractivity contribution >= 4 is 17.2 Å². The fourth-order valence-corrected chi connectivity index (χ4v) is 3.43. The molecule has 1 aromatic heterocycles. The Morgan fingerprint density at radius 1 is 1.58 bits per heavy atom. The van der Waals surface area contributed by atoms with Crippen LogP contribution in [0.25, 0.3) is 0 Å². The van der Waals surface area contributed by atoms with E-state index in [1.807, 2.05) is 0 Å². The summed E-state index contributed by atoms with van der Waals surface area (Å²) in [5.74, 6) is 0.397. The highest BCUT2D eigenvalue weighted by atomic mass is 32.1. The van der Waals surface area contributed by atoms with Gasteiger partial charge in [0.1, 0.15) is 0 Å². The molecule has 1 fully saturated rings. The molecular formula is C15H24N2OS. The van der Waals surface area contributed by atoms with Gasteiger partial charge in [0.2, 0.25) is 5.91 Å². The van der Waals surface area contributed by atoms with Crippen molar-refractivity contribution in [2.45, 2.75) is 45.1 Å². The molecule has 1 aliphatic heterocycles. The molecule has 2 atom stereocenters. The normalized spacial score (nSPS) is 24.2. The van der Waals surface area contributed by atoms with Crippen LogP contribution in [0.4, 0.5) is 0 Å². The van der Waals surface area contributed by atoms with Gasteiger partial charge in [0, 0.05) is 28.8 Å². The van der Waals surface area contributed by atoms with Crippen LogP contribution in [0.15, 0.2) is 17.5 Å². The number of amides is 1. The molecule has 0 radical (unpaired) electrons. The van der Waals surface area contributed by atoms with Crippen molar-refractivity contribution in [3.63, 3.8) is 0 Å². The van der Waals surface area contributed by atoms with E-state index in [1.165, 1.54) is 4.88 Å². The lowest BCUT2D eigenvalue weighted by atomic mass is 9.89. The molecule has 2 unspecified atom stereocenters. The molecule has 1 saturated heterocycles. The lowest BCUT2D eigenvalue weighted by molar-refractivity contribution is -0.126. The minimum Gasteiger partial charge on any atom is -0.355 e. The molecule has 2 heterocycles. The number of carbonyl (C=O) groups is 1. The first-order valence-corrected chi connectivity index (χ1v) is 7.92. The fourth-order valence-electron chi connectivity index (χ4n) is 2.57. The Kier molecular flexibility index (Phi) is 4.63. The maximum absolute atomic E-state index is 12.2. The van der Waals surface area contributed by atoms with E-state index in [1.54, 1.807) is 11.3 Å². The summed E-state index contributed by atoms with van der Waals surface area (Å²) in [6, 6.07) is 4.66. The Hall–Kier alpha value is -0.870. The number of nitrogens with one attached hydrogen (secondary N) is 2. The number of piperidine rings is 1. The van der Waals surface area contributed by atoms with Crippen molar-refractivity contribution in [1.29, 1.82) is 0 Å². The Balaban J connectivity index is 1.86. The molecule has 2 N–H and O–H groups in total. The quantitative estimate of drug-likeness (QED) is 0.890. The topological polar surface area (TPSA) is 41.1 Å². The molecule has 0 aliphatic carbocycles. The number of carbonyl (C=O) groups excluding carboxylic acids is 1. The summed E-state index contributed by atoms with van der Waals surface area (Å²) < 4.78 is 0. The predicted octanol–water partition coefficient (Wildman–Crippen LogP) is 2.53. The zero-order valence-corrected chi connectivity index (χ0v) is 12.8. The van der Waals surface area contributed by atoms with Gasteiger partial charge in [0.15, 0.2) is 0 Å². The molecule has 1 aromatic rings. The maximum atomic E-state index is 12.2. The fraction of sp³-hybridized carbons (Fsp3) is 0.667. The van der Waals surface area contributed by atoms with E-state index in [2.05, 4.69) is 48.9 Å². The highest BCUT2D eigenvalue weighted by Crippen LogP contribution is 2.27. The SMILES string of the molecule is CC1CC(C(=O)NCC(C)(C)c2cccs2)CCN1. The third kappa shape index (κ3) is 3.80. The number of rotatable bonds is 4. The van der Waals surface area contributed by atoms with Gasteiger partial charge in [0.05, 0.1) is 0 Å². The third-order valence-electron chi connectivity index (χ3n) is 3.89. The first-order chi connectivity index (χ1) is 8.99. The van der Waals surface area contributed by atoms with E-state index in [-0.39, 0.29) is 17.2 Å².